The zero-order valence-corrected chi connectivity index (χ0v) is 10.7. The fourth-order valence-electron chi connectivity index (χ4n) is 1.40. The van der Waals surface area contributed by atoms with Crippen LogP contribution in [-0.4, -0.2) is 14.8 Å². The average Bonchev–Trinajstić information content (AvgIpc) is 2.47. The predicted molar refractivity (Wildman–Crippen MR) is 63.5 cm³/mol. The lowest BCUT2D eigenvalue weighted by atomic mass is 10.3. The van der Waals surface area contributed by atoms with E-state index in [1.807, 2.05) is 24.6 Å². The molecule has 15 heavy (non-hydrogen) atoms. The number of halogens is 2. The Balaban J connectivity index is 2.65. The van der Waals surface area contributed by atoms with E-state index in [0.717, 1.165) is 21.5 Å². The van der Waals surface area contributed by atoms with Crippen LogP contribution in [0, 0.1) is 13.8 Å². The SMILES string of the molecule is Cc1nn(-c2ccncc2Br)c(C)c1Cl. The van der Waals surface area contributed by atoms with E-state index in [0.29, 0.717) is 5.02 Å². The van der Waals surface area contributed by atoms with Gasteiger partial charge in [-0.2, -0.15) is 5.10 Å². The molecule has 0 aliphatic heterocycles. The number of hydrogen-bond donors (Lipinski definition) is 0. The molecule has 3 nitrogen and oxygen atoms in total. The standard InChI is InChI=1S/C10H9BrClN3/c1-6-10(12)7(2)15(14-6)9-3-4-13-5-8(9)11/h3-5H,1-2H3. The Kier molecular flexibility index (Phi) is 2.80. The molecule has 0 atom stereocenters. The Labute approximate surface area is 101 Å². The van der Waals surface area contributed by atoms with Gasteiger partial charge in [0.25, 0.3) is 0 Å². The van der Waals surface area contributed by atoms with Crippen molar-refractivity contribution >= 4 is 27.5 Å². The summed E-state index contributed by atoms with van der Waals surface area (Å²) >= 11 is 9.52. The Morgan fingerprint density at radius 3 is 2.67 bits per heavy atom. The van der Waals surface area contributed by atoms with Crippen LogP contribution < -0.4 is 0 Å². The summed E-state index contributed by atoms with van der Waals surface area (Å²) in [4.78, 5) is 4.01. The molecule has 2 aromatic rings. The number of hydrogen-bond acceptors (Lipinski definition) is 2. The quantitative estimate of drug-likeness (QED) is 0.805. The molecule has 2 aromatic heterocycles. The number of aryl methyl sites for hydroxylation is 1. The molecule has 0 bridgehead atoms. The van der Waals surface area contributed by atoms with Crippen LogP contribution in [0.5, 0.6) is 0 Å². The molecule has 0 N–H and O–H groups in total. The van der Waals surface area contributed by atoms with Gasteiger partial charge in [-0.1, -0.05) is 11.6 Å². The molecule has 2 heterocycles. The summed E-state index contributed by atoms with van der Waals surface area (Å²) in [6.45, 7) is 3.83. The van der Waals surface area contributed by atoms with E-state index in [4.69, 9.17) is 11.6 Å². The van der Waals surface area contributed by atoms with Crippen LogP contribution in [-0.2, 0) is 0 Å². The average molecular weight is 287 g/mol. The van der Waals surface area contributed by atoms with Crippen LogP contribution in [0.3, 0.4) is 0 Å². The van der Waals surface area contributed by atoms with E-state index in [2.05, 4.69) is 26.0 Å². The molecule has 0 spiro atoms. The van der Waals surface area contributed by atoms with E-state index in [1.54, 1.807) is 12.4 Å². The third-order valence-corrected chi connectivity index (χ3v) is 3.34. The van der Waals surface area contributed by atoms with Crippen molar-refractivity contribution in [2.24, 2.45) is 0 Å². The number of aromatic nitrogens is 3. The molecule has 2 rings (SSSR count). The number of rotatable bonds is 1. The van der Waals surface area contributed by atoms with Gasteiger partial charge in [-0.15, -0.1) is 0 Å². The topological polar surface area (TPSA) is 30.7 Å². The van der Waals surface area contributed by atoms with Crippen LogP contribution in [0.4, 0.5) is 0 Å². The monoisotopic (exact) mass is 285 g/mol. The molecule has 0 radical (unpaired) electrons. The van der Waals surface area contributed by atoms with Gasteiger partial charge in [-0.05, 0) is 35.8 Å². The summed E-state index contributed by atoms with van der Waals surface area (Å²) in [6, 6.07) is 1.89. The summed E-state index contributed by atoms with van der Waals surface area (Å²) in [5, 5.41) is 5.07. The van der Waals surface area contributed by atoms with Gasteiger partial charge in [0.1, 0.15) is 0 Å². The Hall–Kier alpha value is -0.870. The maximum atomic E-state index is 6.09. The molecule has 0 saturated heterocycles. The minimum Gasteiger partial charge on any atom is -0.263 e. The fraction of sp³-hybridized carbons (Fsp3) is 0.200. The summed E-state index contributed by atoms with van der Waals surface area (Å²) in [7, 11) is 0. The largest absolute Gasteiger partial charge is 0.263 e. The van der Waals surface area contributed by atoms with E-state index >= 15 is 0 Å². The van der Waals surface area contributed by atoms with Crippen LogP contribution in [0.25, 0.3) is 5.69 Å². The smallest absolute Gasteiger partial charge is 0.0848 e. The molecular formula is C10H9BrClN3. The lowest BCUT2D eigenvalue weighted by Gasteiger charge is -2.05. The van der Waals surface area contributed by atoms with Gasteiger partial charge in [0.15, 0.2) is 0 Å². The van der Waals surface area contributed by atoms with Crippen molar-refractivity contribution in [3.63, 3.8) is 0 Å². The highest BCUT2D eigenvalue weighted by molar-refractivity contribution is 9.10. The van der Waals surface area contributed by atoms with Gasteiger partial charge in [-0.3, -0.25) is 4.98 Å². The first-order chi connectivity index (χ1) is 7.11. The van der Waals surface area contributed by atoms with Crippen molar-refractivity contribution in [3.05, 3.63) is 39.3 Å². The second kappa shape index (κ2) is 3.94. The van der Waals surface area contributed by atoms with Crippen molar-refractivity contribution in [2.45, 2.75) is 13.8 Å². The lowest BCUT2D eigenvalue weighted by molar-refractivity contribution is 0.827. The van der Waals surface area contributed by atoms with E-state index in [-0.39, 0.29) is 0 Å². The highest BCUT2D eigenvalue weighted by atomic mass is 79.9. The third-order valence-electron chi connectivity index (χ3n) is 2.18. The van der Waals surface area contributed by atoms with Crippen molar-refractivity contribution in [3.8, 4) is 5.69 Å². The van der Waals surface area contributed by atoms with Crippen LogP contribution in [0.15, 0.2) is 22.9 Å². The van der Waals surface area contributed by atoms with Crippen LogP contribution >= 0.6 is 27.5 Å². The minimum absolute atomic E-state index is 0.707. The number of nitrogens with zero attached hydrogens (tertiary/aromatic N) is 3. The van der Waals surface area contributed by atoms with Gasteiger partial charge < -0.3 is 0 Å². The van der Waals surface area contributed by atoms with E-state index in [9.17, 15) is 0 Å². The van der Waals surface area contributed by atoms with Crippen LogP contribution in [0.2, 0.25) is 5.02 Å². The normalized spacial score (nSPS) is 10.7. The van der Waals surface area contributed by atoms with Gasteiger partial charge in [0.05, 0.1) is 26.6 Å². The predicted octanol–water partition coefficient (Wildman–Crippen LogP) is 3.30. The first-order valence-electron chi connectivity index (χ1n) is 4.43. The highest BCUT2D eigenvalue weighted by Gasteiger charge is 2.12. The summed E-state index contributed by atoms with van der Waals surface area (Å²) < 4.78 is 2.70. The van der Waals surface area contributed by atoms with Crippen molar-refractivity contribution in [2.75, 3.05) is 0 Å². The Morgan fingerprint density at radius 1 is 1.40 bits per heavy atom. The molecule has 0 aromatic carbocycles. The van der Waals surface area contributed by atoms with Crippen molar-refractivity contribution in [1.29, 1.82) is 0 Å². The maximum absolute atomic E-state index is 6.09. The first-order valence-corrected chi connectivity index (χ1v) is 5.60. The minimum atomic E-state index is 0.707. The highest BCUT2D eigenvalue weighted by Crippen LogP contribution is 2.25. The summed E-state index contributed by atoms with van der Waals surface area (Å²) in [5.74, 6) is 0. The fourth-order valence-corrected chi connectivity index (χ4v) is 1.93. The molecule has 0 aliphatic carbocycles. The zero-order chi connectivity index (χ0) is 11.0. The zero-order valence-electron chi connectivity index (χ0n) is 8.33. The Bertz CT molecular complexity index is 507. The van der Waals surface area contributed by atoms with E-state index in [1.165, 1.54) is 0 Å². The second-order valence-corrected chi connectivity index (χ2v) is 4.46. The molecule has 5 heteroatoms. The molecule has 0 saturated carbocycles. The maximum Gasteiger partial charge on any atom is 0.0848 e. The second-order valence-electron chi connectivity index (χ2n) is 3.22. The van der Waals surface area contributed by atoms with Gasteiger partial charge >= 0.3 is 0 Å². The molecular weight excluding hydrogens is 277 g/mol. The number of pyridine rings is 1. The van der Waals surface area contributed by atoms with Crippen molar-refractivity contribution < 1.29 is 0 Å². The molecule has 0 fully saturated rings. The molecule has 0 unspecified atom stereocenters. The molecule has 0 aliphatic rings. The molecule has 0 amide bonds. The summed E-state index contributed by atoms with van der Waals surface area (Å²) in [6.07, 6.45) is 3.46. The van der Waals surface area contributed by atoms with Gasteiger partial charge in [0, 0.05) is 12.4 Å². The van der Waals surface area contributed by atoms with Gasteiger partial charge in [-0.25, -0.2) is 4.68 Å². The first kappa shape index (κ1) is 10.6. The summed E-state index contributed by atoms with van der Waals surface area (Å²) in [5.41, 5.74) is 2.71. The Morgan fingerprint density at radius 2 is 2.13 bits per heavy atom. The van der Waals surface area contributed by atoms with Crippen molar-refractivity contribution in [1.82, 2.24) is 14.8 Å². The van der Waals surface area contributed by atoms with E-state index < -0.39 is 0 Å². The third kappa shape index (κ3) is 1.79. The lowest BCUT2D eigenvalue weighted by Crippen LogP contribution is -2.00. The van der Waals surface area contributed by atoms with Gasteiger partial charge in [0.2, 0.25) is 0 Å². The molecule has 78 valence electrons. The van der Waals surface area contributed by atoms with Crippen LogP contribution in [0.1, 0.15) is 11.4 Å².